The molecule has 3 nitrogen and oxygen atoms in total. The van der Waals surface area contributed by atoms with Crippen LogP contribution in [0.4, 0.5) is 0 Å². The number of benzene rings is 1. The molecule has 0 aliphatic rings. The van der Waals surface area contributed by atoms with Crippen molar-refractivity contribution in [1.82, 2.24) is 4.90 Å². The molecule has 0 aliphatic heterocycles. The molecule has 1 unspecified atom stereocenters. The normalized spacial score (nSPS) is 14.9. The Balaban J connectivity index is 2.91. The van der Waals surface area contributed by atoms with Crippen molar-refractivity contribution in [3.63, 3.8) is 0 Å². The van der Waals surface area contributed by atoms with E-state index in [2.05, 4.69) is 59.9 Å². The Morgan fingerprint density at radius 1 is 1.42 bits per heavy atom. The third kappa shape index (κ3) is 4.02. The van der Waals surface area contributed by atoms with Crippen LogP contribution in [0.1, 0.15) is 19.4 Å². The van der Waals surface area contributed by atoms with E-state index in [1.54, 1.807) is 7.11 Å². The molecule has 1 aromatic carbocycles. The van der Waals surface area contributed by atoms with Crippen LogP contribution < -0.4 is 5.73 Å². The smallest absolute Gasteiger partial charge is 0.0661 e. The third-order valence-corrected chi connectivity index (χ3v) is 4.38. The molecule has 2 N–H and O–H groups in total. The second kappa shape index (κ2) is 7.39. The minimum atomic E-state index is -0.128. The predicted molar refractivity (Wildman–Crippen MR) is 84.1 cm³/mol. The molecular formula is C15H25BrN2O. The van der Waals surface area contributed by atoms with Crippen LogP contribution in [0.3, 0.4) is 0 Å². The second-order valence-electron chi connectivity index (χ2n) is 5.38. The Kier molecular flexibility index (Phi) is 6.47. The van der Waals surface area contributed by atoms with Gasteiger partial charge in [0.2, 0.25) is 0 Å². The zero-order valence-corrected chi connectivity index (χ0v) is 13.9. The first kappa shape index (κ1) is 16.6. The molecule has 1 aromatic rings. The lowest BCUT2D eigenvalue weighted by molar-refractivity contribution is -0.00555. The van der Waals surface area contributed by atoms with E-state index in [9.17, 15) is 0 Å². The van der Waals surface area contributed by atoms with Crippen LogP contribution in [-0.2, 0) is 11.3 Å². The van der Waals surface area contributed by atoms with Crippen LogP contribution in [0.15, 0.2) is 28.7 Å². The van der Waals surface area contributed by atoms with Crippen molar-refractivity contribution in [2.45, 2.75) is 25.9 Å². The molecule has 0 saturated carbocycles. The van der Waals surface area contributed by atoms with Gasteiger partial charge in [-0.3, -0.25) is 4.90 Å². The molecule has 0 heterocycles. The first-order valence-electron chi connectivity index (χ1n) is 6.61. The number of hydrogen-bond acceptors (Lipinski definition) is 3. The van der Waals surface area contributed by atoms with Gasteiger partial charge in [0.05, 0.1) is 12.1 Å². The van der Waals surface area contributed by atoms with Crippen LogP contribution in [0.2, 0.25) is 0 Å². The lowest BCUT2D eigenvalue weighted by atomic mass is 9.85. The summed E-state index contributed by atoms with van der Waals surface area (Å²) in [5.41, 5.74) is 7.19. The number of hydrogen-bond donors (Lipinski definition) is 1. The lowest BCUT2D eigenvalue weighted by Crippen LogP contribution is -2.58. The monoisotopic (exact) mass is 328 g/mol. The summed E-state index contributed by atoms with van der Waals surface area (Å²) < 4.78 is 6.52. The highest BCUT2D eigenvalue weighted by Crippen LogP contribution is 2.25. The van der Waals surface area contributed by atoms with Crippen LogP contribution in [-0.4, -0.2) is 37.7 Å². The quantitative estimate of drug-likeness (QED) is 0.836. The van der Waals surface area contributed by atoms with Crippen LogP contribution >= 0.6 is 15.9 Å². The van der Waals surface area contributed by atoms with E-state index >= 15 is 0 Å². The molecule has 19 heavy (non-hydrogen) atoms. The summed E-state index contributed by atoms with van der Waals surface area (Å²) in [4.78, 5) is 2.31. The summed E-state index contributed by atoms with van der Waals surface area (Å²) >= 11 is 3.51. The van der Waals surface area contributed by atoms with Gasteiger partial charge in [-0.15, -0.1) is 0 Å². The van der Waals surface area contributed by atoms with Crippen molar-refractivity contribution in [2.75, 3.05) is 27.3 Å². The van der Waals surface area contributed by atoms with Crippen LogP contribution in [0, 0.1) is 5.92 Å². The van der Waals surface area contributed by atoms with Gasteiger partial charge in [-0.05, 0) is 30.7 Å². The van der Waals surface area contributed by atoms with Crippen LogP contribution in [0.5, 0.6) is 0 Å². The Morgan fingerprint density at radius 2 is 2.11 bits per heavy atom. The highest BCUT2D eigenvalue weighted by atomic mass is 79.9. The number of methoxy groups -OCH3 is 1. The van der Waals surface area contributed by atoms with Gasteiger partial charge < -0.3 is 10.5 Å². The highest BCUT2D eigenvalue weighted by molar-refractivity contribution is 9.10. The van der Waals surface area contributed by atoms with E-state index in [1.807, 2.05) is 6.07 Å². The average Bonchev–Trinajstić information content (AvgIpc) is 2.35. The lowest BCUT2D eigenvalue weighted by Gasteiger charge is -2.44. The van der Waals surface area contributed by atoms with Gasteiger partial charge in [0, 0.05) is 24.7 Å². The van der Waals surface area contributed by atoms with Gasteiger partial charge in [-0.2, -0.15) is 0 Å². The van der Waals surface area contributed by atoms with Gasteiger partial charge in [-0.1, -0.05) is 41.9 Å². The van der Waals surface area contributed by atoms with E-state index in [-0.39, 0.29) is 5.54 Å². The van der Waals surface area contributed by atoms with Crippen molar-refractivity contribution in [3.8, 4) is 0 Å². The summed E-state index contributed by atoms with van der Waals surface area (Å²) in [6.45, 7) is 6.49. The SMILES string of the molecule is COCC(CN)(C(C)C)N(C)Cc1cccc(Br)c1. The number of nitrogens with two attached hydrogens (primary N) is 1. The molecular weight excluding hydrogens is 304 g/mol. The van der Waals surface area contributed by atoms with Gasteiger partial charge in [0.15, 0.2) is 0 Å². The number of rotatable bonds is 7. The fourth-order valence-electron chi connectivity index (χ4n) is 2.48. The van der Waals surface area contributed by atoms with E-state index in [1.165, 1.54) is 5.56 Å². The van der Waals surface area contributed by atoms with Gasteiger partial charge in [0.25, 0.3) is 0 Å². The summed E-state index contributed by atoms with van der Waals surface area (Å²) in [5, 5.41) is 0. The molecule has 1 rings (SSSR count). The topological polar surface area (TPSA) is 38.5 Å². The molecule has 0 aliphatic carbocycles. The molecule has 0 fully saturated rings. The third-order valence-electron chi connectivity index (χ3n) is 3.89. The summed E-state index contributed by atoms with van der Waals surface area (Å²) in [5.74, 6) is 0.426. The second-order valence-corrected chi connectivity index (χ2v) is 6.30. The van der Waals surface area contributed by atoms with Crippen molar-refractivity contribution in [2.24, 2.45) is 11.7 Å². The van der Waals surface area contributed by atoms with Crippen molar-refractivity contribution >= 4 is 15.9 Å². The molecule has 0 amide bonds. The van der Waals surface area contributed by atoms with Crippen molar-refractivity contribution < 1.29 is 4.74 Å². The van der Waals surface area contributed by atoms with Crippen molar-refractivity contribution in [1.29, 1.82) is 0 Å². The standard InChI is InChI=1S/C15H25BrN2O/c1-12(2)15(10-17,11-19-4)18(3)9-13-6-5-7-14(16)8-13/h5-8,12H,9-11,17H2,1-4H3. The molecule has 0 aromatic heterocycles. The average molecular weight is 329 g/mol. The van der Waals surface area contributed by atoms with E-state index in [4.69, 9.17) is 10.5 Å². The number of nitrogens with zero attached hydrogens (tertiary/aromatic N) is 1. The first-order chi connectivity index (χ1) is 8.96. The molecule has 0 bridgehead atoms. The Morgan fingerprint density at radius 3 is 2.58 bits per heavy atom. The molecule has 1 atom stereocenters. The molecule has 0 radical (unpaired) electrons. The van der Waals surface area contributed by atoms with E-state index in [0.717, 1.165) is 11.0 Å². The molecule has 108 valence electrons. The first-order valence-corrected chi connectivity index (χ1v) is 7.40. The zero-order valence-electron chi connectivity index (χ0n) is 12.3. The Bertz CT molecular complexity index is 397. The maximum atomic E-state index is 6.05. The molecule has 4 heteroatoms. The Hall–Kier alpha value is -0.420. The zero-order chi connectivity index (χ0) is 14.5. The van der Waals surface area contributed by atoms with Crippen LogP contribution in [0.25, 0.3) is 0 Å². The minimum absolute atomic E-state index is 0.128. The fourth-order valence-corrected chi connectivity index (χ4v) is 2.93. The number of ether oxygens (including phenoxy) is 1. The maximum absolute atomic E-state index is 6.05. The number of halogens is 1. The predicted octanol–water partition coefficient (Wildman–Crippen LogP) is 2.88. The van der Waals surface area contributed by atoms with E-state index in [0.29, 0.717) is 19.1 Å². The van der Waals surface area contributed by atoms with Crippen molar-refractivity contribution in [3.05, 3.63) is 34.3 Å². The van der Waals surface area contributed by atoms with E-state index < -0.39 is 0 Å². The van der Waals surface area contributed by atoms with Gasteiger partial charge in [0.1, 0.15) is 0 Å². The maximum Gasteiger partial charge on any atom is 0.0661 e. The molecule has 0 saturated heterocycles. The summed E-state index contributed by atoms with van der Waals surface area (Å²) in [6.07, 6.45) is 0. The highest BCUT2D eigenvalue weighted by Gasteiger charge is 2.36. The fraction of sp³-hybridized carbons (Fsp3) is 0.600. The largest absolute Gasteiger partial charge is 0.383 e. The number of likely N-dealkylation sites (N-methyl/N-ethyl adjacent to an activating group) is 1. The summed E-state index contributed by atoms with van der Waals surface area (Å²) in [7, 11) is 3.85. The van der Waals surface area contributed by atoms with Gasteiger partial charge in [-0.25, -0.2) is 0 Å². The summed E-state index contributed by atoms with van der Waals surface area (Å²) in [6, 6.07) is 8.38. The molecule has 0 spiro atoms. The Labute approximate surface area is 125 Å². The minimum Gasteiger partial charge on any atom is -0.383 e. The van der Waals surface area contributed by atoms with Gasteiger partial charge >= 0.3 is 0 Å².